The highest BCUT2D eigenvalue weighted by Gasteiger charge is 2.33. The number of esters is 1. The lowest BCUT2D eigenvalue weighted by Crippen LogP contribution is -2.39. The van der Waals surface area contributed by atoms with Crippen LogP contribution < -0.4 is 14.9 Å². The van der Waals surface area contributed by atoms with Crippen LogP contribution in [-0.4, -0.2) is 17.1 Å². The number of hydrogen-bond acceptors (Lipinski definition) is 6. The van der Waals surface area contributed by atoms with Crippen LogP contribution in [0.1, 0.15) is 31.2 Å². The second kappa shape index (κ2) is 9.93. The summed E-state index contributed by atoms with van der Waals surface area (Å²) >= 11 is 13.4. The molecule has 0 aliphatic carbocycles. The van der Waals surface area contributed by atoms with Crippen LogP contribution in [0.15, 0.2) is 86.1 Å². The van der Waals surface area contributed by atoms with E-state index in [0.717, 1.165) is 11.1 Å². The number of thiazole rings is 1. The highest BCUT2D eigenvalue weighted by atomic mass is 35.5. The first-order valence-electron chi connectivity index (χ1n) is 11.2. The van der Waals surface area contributed by atoms with Crippen molar-refractivity contribution in [2.24, 2.45) is 4.99 Å². The van der Waals surface area contributed by atoms with Gasteiger partial charge in [0.1, 0.15) is 11.5 Å². The van der Waals surface area contributed by atoms with Gasteiger partial charge in [-0.2, -0.15) is 0 Å². The number of carbonyl (C=O) groups excluding carboxylic acids is 1. The Morgan fingerprint density at radius 2 is 1.92 bits per heavy atom. The van der Waals surface area contributed by atoms with Gasteiger partial charge in [-0.05, 0) is 49.7 Å². The number of furan rings is 1. The van der Waals surface area contributed by atoms with Gasteiger partial charge < -0.3 is 9.15 Å². The van der Waals surface area contributed by atoms with Gasteiger partial charge in [-0.3, -0.25) is 9.36 Å². The van der Waals surface area contributed by atoms with Crippen LogP contribution in [0.25, 0.3) is 17.4 Å². The Morgan fingerprint density at radius 3 is 2.64 bits per heavy atom. The largest absolute Gasteiger partial charge is 0.463 e. The zero-order chi connectivity index (χ0) is 25.4. The average Bonchev–Trinajstić information content (AvgIpc) is 3.45. The smallest absolute Gasteiger partial charge is 0.338 e. The Kier molecular flexibility index (Phi) is 6.71. The average molecular weight is 539 g/mol. The summed E-state index contributed by atoms with van der Waals surface area (Å²) < 4.78 is 13.3. The molecule has 1 aliphatic heterocycles. The van der Waals surface area contributed by atoms with E-state index >= 15 is 0 Å². The van der Waals surface area contributed by atoms with Crippen LogP contribution in [0.4, 0.5) is 0 Å². The number of carbonyl (C=O) groups is 1. The maximum Gasteiger partial charge on any atom is 0.338 e. The van der Waals surface area contributed by atoms with Crippen molar-refractivity contribution in [3.63, 3.8) is 0 Å². The molecule has 2 aromatic carbocycles. The maximum absolute atomic E-state index is 13.6. The van der Waals surface area contributed by atoms with E-state index in [9.17, 15) is 9.59 Å². The molecule has 6 nitrogen and oxygen atoms in total. The van der Waals surface area contributed by atoms with Crippen LogP contribution >= 0.6 is 34.5 Å². The van der Waals surface area contributed by atoms with Gasteiger partial charge >= 0.3 is 5.97 Å². The number of halogens is 2. The van der Waals surface area contributed by atoms with Gasteiger partial charge in [0.05, 0.1) is 38.5 Å². The summed E-state index contributed by atoms with van der Waals surface area (Å²) in [6.07, 6.45) is 1.68. The molecule has 3 heterocycles. The lowest BCUT2D eigenvalue weighted by Gasteiger charge is -2.24. The first kappa shape index (κ1) is 24.3. The van der Waals surface area contributed by atoms with E-state index in [-0.39, 0.29) is 12.2 Å². The monoisotopic (exact) mass is 538 g/mol. The van der Waals surface area contributed by atoms with Crippen molar-refractivity contribution in [3.05, 3.63) is 113 Å². The minimum atomic E-state index is -0.646. The molecular formula is C27H20Cl2N2O4S. The summed E-state index contributed by atoms with van der Waals surface area (Å²) in [6.45, 7) is 3.73. The Bertz CT molecular complexity index is 1680. The molecule has 4 aromatic rings. The van der Waals surface area contributed by atoms with Crippen molar-refractivity contribution < 1.29 is 13.9 Å². The fraction of sp³-hybridized carbons (Fsp3) is 0.148. The quantitative estimate of drug-likeness (QED) is 0.320. The van der Waals surface area contributed by atoms with Crippen molar-refractivity contribution in [2.75, 3.05) is 6.61 Å². The molecule has 2 aromatic heterocycles. The van der Waals surface area contributed by atoms with Crippen LogP contribution in [0.5, 0.6) is 0 Å². The molecule has 0 radical (unpaired) electrons. The van der Waals surface area contributed by atoms with Gasteiger partial charge in [0.15, 0.2) is 4.80 Å². The Balaban J connectivity index is 1.62. The molecule has 1 aliphatic rings. The highest BCUT2D eigenvalue weighted by molar-refractivity contribution is 7.07. The number of fused-ring (bicyclic) bond motifs is 1. The van der Waals surface area contributed by atoms with Crippen LogP contribution in [0.3, 0.4) is 0 Å². The Hall–Kier alpha value is -3.39. The third kappa shape index (κ3) is 4.46. The van der Waals surface area contributed by atoms with E-state index in [1.54, 1.807) is 48.8 Å². The number of ether oxygens (including phenoxy) is 1. The molecule has 0 bridgehead atoms. The van der Waals surface area contributed by atoms with Crippen molar-refractivity contribution in [3.8, 4) is 11.3 Å². The Morgan fingerprint density at radius 1 is 1.14 bits per heavy atom. The normalized spacial score (nSPS) is 15.6. The predicted molar refractivity (Wildman–Crippen MR) is 141 cm³/mol. The van der Waals surface area contributed by atoms with Crippen molar-refractivity contribution in [1.82, 2.24) is 4.57 Å². The molecule has 0 fully saturated rings. The molecule has 0 amide bonds. The molecular weight excluding hydrogens is 519 g/mol. The van der Waals surface area contributed by atoms with Crippen molar-refractivity contribution in [1.29, 1.82) is 0 Å². The number of rotatable bonds is 5. The number of allylic oxidation sites excluding steroid dienone is 1. The van der Waals surface area contributed by atoms with Crippen LogP contribution in [0.2, 0.25) is 10.0 Å². The SMILES string of the molecule is CCOC(=O)C1=C(C)N=c2s/c(=C\c3ccc(-c4ccc(Cl)c(Cl)c4)o3)c(=O)n2C1c1ccccc1. The third-order valence-electron chi connectivity index (χ3n) is 5.74. The van der Waals surface area contributed by atoms with E-state index in [1.165, 1.54) is 11.3 Å². The summed E-state index contributed by atoms with van der Waals surface area (Å²) in [7, 11) is 0. The molecule has 0 saturated carbocycles. The second-order valence-electron chi connectivity index (χ2n) is 8.04. The number of benzene rings is 2. The van der Waals surface area contributed by atoms with E-state index in [2.05, 4.69) is 4.99 Å². The molecule has 9 heteroatoms. The third-order valence-corrected chi connectivity index (χ3v) is 7.46. The highest BCUT2D eigenvalue weighted by Crippen LogP contribution is 2.31. The van der Waals surface area contributed by atoms with E-state index in [4.69, 9.17) is 32.4 Å². The summed E-state index contributed by atoms with van der Waals surface area (Å²) in [6, 6.07) is 17.6. The summed E-state index contributed by atoms with van der Waals surface area (Å²) in [4.78, 5) is 31.6. The first-order chi connectivity index (χ1) is 17.4. The standard InChI is InChI=1S/C27H20Cl2N2O4S/c1-3-34-26(33)23-15(2)30-27-31(24(23)16-7-5-4-6-8-16)25(32)22(36-27)14-18-10-12-21(35-18)17-9-11-19(28)20(29)13-17/h4-14,24H,3H2,1-2H3/b22-14-. The number of aromatic nitrogens is 1. The van der Waals surface area contributed by atoms with Gasteiger partial charge in [0, 0.05) is 11.6 Å². The summed E-state index contributed by atoms with van der Waals surface area (Å²) in [5.74, 6) is 0.605. The van der Waals surface area contributed by atoms with Gasteiger partial charge in [-0.1, -0.05) is 64.9 Å². The lowest BCUT2D eigenvalue weighted by atomic mass is 9.96. The fourth-order valence-electron chi connectivity index (χ4n) is 4.11. The molecule has 1 unspecified atom stereocenters. The number of hydrogen-bond donors (Lipinski definition) is 0. The molecule has 1 atom stereocenters. The number of nitrogens with zero attached hydrogens (tertiary/aromatic N) is 2. The van der Waals surface area contributed by atoms with Gasteiger partial charge in [0.2, 0.25) is 0 Å². The molecule has 0 saturated heterocycles. The molecule has 36 heavy (non-hydrogen) atoms. The minimum absolute atomic E-state index is 0.223. The summed E-state index contributed by atoms with van der Waals surface area (Å²) in [5, 5.41) is 0.882. The second-order valence-corrected chi connectivity index (χ2v) is 9.87. The Labute approximate surface area is 220 Å². The molecule has 0 spiro atoms. The molecule has 5 rings (SSSR count). The lowest BCUT2D eigenvalue weighted by molar-refractivity contribution is -0.139. The van der Waals surface area contributed by atoms with E-state index < -0.39 is 12.0 Å². The van der Waals surface area contributed by atoms with E-state index in [1.807, 2.05) is 36.4 Å². The van der Waals surface area contributed by atoms with E-state index in [0.29, 0.717) is 42.2 Å². The van der Waals surface area contributed by atoms with Crippen molar-refractivity contribution in [2.45, 2.75) is 19.9 Å². The van der Waals surface area contributed by atoms with Gasteiger partial charge in [-0.15, -0.1) is 0 Å². The topological polar surface area (TPSA) is 73.8 Å². The fourth-order valence-corrected chi connectivity index (χ4v) is 5.43. The zero-order valence-electron chi connectivity index (χ0n) is 19.3. The van der Waals surface area contributed by atoms with Gasteiger partial charge in [-0.25, -0.2) is 9.79 Å². The molecule has 182 valence electrons. The molecule has 0 N–H and O–H groups in total. The minimum Gasteiger partial charge on any atom is -0.463 e. The zero-order valence-corrected chi connectivity index (χ0v) is 21.7. The van der Waals surface area contributed by atoms with Crippen LogP contribution in [-0.2, 0) is 9.53 Å². The van der Waals surface area contributed by atoms with Crippen molar-refractivity contribution >= 4 is 46.6 Å². The van der Waals surface area contributed by atoms with Crippen LogP contribution in [0, 0.1) is 0 Å². The predicted octanol–water partition coefficient (Wildman–Crippen LogP) is 5.37. The van der Waals surface area contributed by atoms with Gasteiger partial charge in [0.25, 0.3) is 5.56 Å². The summed E-state index contributed by atoms with van der Waals surface area (Å²) in [5.41, 5.74) is 2.16. The maximum atomic E-state index is 13.6. The first-order valence-corrected chi connectivity index (χ1v) is 12.7.